The second-order valence-corrected chi connectivity index (χ2v) is 8.17. The maximum Gasteiger partial charge on any atom is 0.0704 e. The van der Waals surface area contributed by atoms with Crippen molar-refractivity contribution in [3.8, 4) is 0 Å². The fourth-order valence-corrected chi connectivity index (χ4v) is 5.08. The van der Waals surface area contributed by atoms with Gasteiger partial charge in [-0.25, -0.2) is 0 Å². The molecule has 1 saturated carbocycles. The van der Waals surface area contributed by atoms with Crippen LogP contribution in [-0.2, 0) is 6.42 Å². The summed E-state index contributed by atoms with van der Waals surface area (Å²) in [4.78, 5) is 1.58. The molecule has 100 valence electrons. The zero-order chi connectivity index (χ0) is 12.5. The van der Waals surface area contributed by atoms with E-state index in [1.165, 1.54) is 48.7 Å². The minimum Gasteiger partial charge on any atom is -0.328 e. The number of hydrogen-bond donors (Lipinski definition) is 2. The van der Waals surface area contributed by atoms with Crippen molar-refractivity contribution in [2.45, 2.75) is 63.1 Å². The van der Waals surface area contributed by atoms with Gasteiger partial charge in [-0.15, -0.1) is 11.3 Å². The van der Waals surface area contributed by atoms with Crippen molar-refractivity contribution in [3.63, 3.8) is 0 Å². The van der Waals surface area contributed by atoms with E-state index in [9.17, 15) is 0 Å². The Bertz CT molecular complexity index is 410. The standard InChI is InChI=1S/C14H21BrN2S/c15-14-8-11-12(2-1-3-13(11)18-14)17-10-6-4-9(16)5-7-10/h8-10,12,17H,1-7,16H2. The first kappa shape index (κ1) is 13.1. The molecule has 1 heterocycles. The van der Waals surface area contributed by atoms with Gasteiger partial charge in [-0.05, 0) is 72.5 Å². The molecule has 0 radical (unpaired) electrons. The predicted molar refractivity (Wildman–Crippen MR) is 81.1 cm³/mol. The summed E-state index contributed by atoms with van der Waals surface area (Å²) in [7, 11) is 0. The monoisotopic (exact) mass is 328 g/mol. The number of fused-ring (bicyclic) bond motifs is 1. The summed E-state index contributed by atoms with van der Waals surface area (Å²) in [6, 6.07) is 4.03. The Balaban J connectivity index is 1.67. The van der Waals surface area contributed by atoms with Gasteiger partial charge in [0.2, 0.25) is 0 Å². The van der Waals surface area contributed by atoms with Crippen molar-refractivity contribution in [3.05, 3.63) is 20.3 Å². The van der Waals surface area contributed by atoms with Crippen LogP contribution < -0.4 is 11.1 Å². The maximum absolute atomic E-state index is 5.98. The van der Waals surface area contributed by atoms with Gasteiger partial charge in [0, 0.05) is 23.0 Å². The summed E-state index contributed by atoms with van der Waals surface area (Å²) in [6.07, 6.45) is 8.74. The molecule has 1 aromatic heterocycles. The lowest BCUT2D eigenvalue weighted by Crippen LogP contribution is -2.39. The van der Waals surface area contributed by atoms with Gasteiger partial charge in [0.15, 0.2) is 0 Å². The molecule has 3 rings (SSSR count). The second kappa shape index (κ2) is 5.61. The van der Waals surface area contributed by atoms with E-state index < -0.39 is 0 Å². The number of halogens is 1. The van der Waals surface area contributed by atoms with Crippen LogP contribution in [0.2, 0.25) is 0 Å². The van der Waals surface area contributed by atoms with Gasteiger partial charge >= 0.3 is 0 Å². The van der Waals surface area contributed by atoms with E-state index in [0.717, 1.165) is 0 Å². The number of rotatable bonds is 2. The van der Waals surface area contributed by atoms with Gasteiger partial charge < -0.3 is 11.1 Å². The molecule has 4 heteroatoms. The highest BCUT2D eigenvalue weighted by Gasteiger charge is 2.26. The van der Waals surface area contributed by atoms with Crippen molar-refractivity contribution in [2.75, 3.05) is 0 Å². The molecule has 1 atom stereocenters. The summed E-state index contributed by atoms with van der Waals surface area (Å²) in [5.41, 5.74) is 7.53. The molecule has 2 aliphatic carbocycles. The number of thiophene rings is 1. The molecular formula is C14H21BrN2S. The van der Waals surface area contributed by atoms with Crippen LogP contribution in [0.4, 0.5) is 0 Å². The summed E-state index contributed by atoms with van der Waals surface area (Å²) in [6.45, 7) is 0. The molecule has 18 heavy (non-hydrogen) atoms. The van der Waals surface area contributed by atoms with E-state index in [4.69, 9.17) is 5.73 Å². The SMILES string of the molecule is NC1CCC(NC2CCCc3sc(Br)cc32)CC1. The lowest BCUT2D eigenvalue weighted by atomic mass is 9.88. The predicted octanol–water partition coefficient (Wildman–Crippen LogP) is 3.75. The summed E-state index contributed by atoms with van der Waals surface area (Å²) in [5, 5.41) is 3.88. The van der Waals surface area contributed by atoms with Crippen LogP contribution >= 0.6 is 27.3 Å². The highest BCUT2D eigenvalue weighted by atomic mass is 79.9. The van der Waals surface area contributed by atoms with Crippen LogP contribution in [0.25, 0.3) is 0 Å². The van der Waals surface area contributed by atoms with Crippen LogP contribution in [0.5, 0.6) is 0 Å². The Morgan fingerprint density at radius 1 is 1.22 bits per heavy atom. The van der Waals surface area contributed by atoms with E-state index in [-0.39, 0.29) is 0 Å². The van der Waals surface area contributed by atoms with Crippen LogP contribution in [0.1, 0.15) is 55.0 Å². The van der Waals surface area contributed by atoms with Crippen LogP contribution in [0.3, 0.4) is 0 Å². The minimum atomic E-state index is 0.445. The highest BCUT2D eigenvalue weighted by Crippen LogP contribution is 2.38. The Labute approximate surface area is 121 Å². The van der Waals surface area contributed by atoms with Gasteiger partial charge in [-0.3, -0.25) is 0 Å². The first-order chi connectivity index (χ1) is 8.72. The number of hydrogen-bond acceptors (Lipinski definition) is 3. The van der Waals surface area contributed by atoms with Crippen LogP contribution in [0.15, 0.2) is 9.85 Å². The summed E-state index contributed by atoms with van der Waals surface area (Å²) in [5.74, 6) is 0. The normalized spacial score (nSPS) is 32.2. The third-order valence-corrected chi connectivity index (χ3v) is 6.01. The third-order valence-electron chi connectivity index (χ3n) is 4.29. The van der Waals surface area contributed by atoms with Gasteiger partial charge in [0.25, 0.3) is 0 Å². The van der Waals surface area contributed by atoms with Crippen LogP contribution in [0, 0.1) is 0 Å². The summed E-state index contributed by atoms with van der Waals surface area (Å²) >= 11 is 5.54. The van der Waals surface area contributed by atoms with E-state index >= 15 is 0 Å². The van der Waals surface area contributed by atoms with Crippen LogP contribution in [-0.4, -0.2) is 12.1 Å². The van der Waals surface area contributed by atoms with Crippen molar-refractivity contribution >= 4 is 27.3 Å². The second-order valence-electron chi connectivity index (χ2n) is 5.65. The first-order valence-electron chi connectivity index (χ1n) is 7.02. The molecule has 0 spiro atoms. The van der Waals surface area contributed by atoms with Crippen molar-refractivity contribution < 1.29 is 0 Å². The molecule has 1 unspecified atom stereocenters. The molecular weight excluding hydrogens is 308 g/mol. The smallest absolute Gasteiger partial charge is 0.0704 e. The molecule has 0 amide bonds. The Kier molecular flexibility index (Phi) is 4.09. The molecule has 1 fully saturated rings. The first-order valence-corrected chi connectivity index (χ1v) is 8.63. The van der Waals surface area contributed by atoms with Gasteiger partial charge in [0.1, 0.15) is 0 Å². The highest BCUT2D eigenvalue weighted by molar-refractivity contribution is 9.11. The van der Waals surface area contributed by atoms with Gasteiger partial charge in [-0.2, -0.15) is 0 Å². The van der Waals surface area contributed by atoms with E-state index in [1.54, 1.807) is 10.4 Å². The molecule has 0 saturated heterocycles. The Hall–Kier alpha value is 0.100. The Morgan fingerprint density at radius 2 is 2.00 bits per heavy atom. The zero-order valence-electron chi connectivity index (χ0n) is 10.6. The van der Waals surface area contributed by atoms with Gasteiger partial charge in [0.05, 0.1) is 3.79 Å². The van der Waals surface area contributed by atoms with Crippen molar-refractivity contribution in [2.24, 2.45) is 5.73 Å². The topological polar surface area (TPSA) is 38.0 Å². The average Bonchev–Trinajstić information content (AvgIpc) is 2.73. The molecule has 2 nitrogen and oxygen atoms in total. The molecule has 2 aliphatic rings. The van der Waals surface area contributed by atoms with Crippen molar-refractivity contribution in [1.29, 1.82) is 0 Å². The molecule has 0 aromatic carbocycles. The number of nitrogens with one attached hydrogen (secondary N) is 1. The quantitative estimate of drug-likeness (QED) is 0.867. The number of aryl methyl sites for hydroxylation is 1. The minimum absolute atomic E-state index is 0.445. The van der Waals surface area contributed by atoms with E-state index in [0.29, 0.717) is 18.1 Å². The van der Waals surface area contributed by atoms with Gasteiger partial charge in [-0.1, -0.05) is 0 Å². The lowest BCUT2D eigenvalue weighted by Gasteiger charge is -2.32. The fraction of sp³-hybridized carbons (Fsp3) is 0.714. The largest absolute Gasteiger partial charge is 0.328 e. The maximum atomic E-state index is 5.98. The molecule has 0 aliphatic heterocycles. The molecule has 1 aromatic rings. The van der Waals surface area contributed by atoms with Crippen molar-refractivity contribution in [1.82, 2.24) is 5.32 Å². The zero-order valence-corrected chi connectivity index (χ0v) is 13.0. The van der Waals surface area contributed by atoms with E-state index in [2.05, 4.69) is 27.3 Å². The molecule has 3 N–H and O–H groups in total. The number of nitrogens with two attached hydrogens (primary N) is 1. The third kappa shape index (κ3) is 2.82. The summed E-state index contributed by atoms with van der Waals surface area (Å²) < 4.78 is 1.28. The Morgan fingerprint density at radius 3 is 2.78 bits per heavy atom. The van der Waals surface area contributed by atoms with E-state index in [1.807, 2.05) is 11.3 Å². The average molecular weight is 329 g/mol. The lowest BCUT2D eigenvalue weighted by molar-refractivity contribution is 0.303. The fourth-order valence-electron chi connectivity index (χ4n) is 3.26. The molecule has 0 bridgehead atoms.